The molecular weight excluding hydrogens is 164 g/mol. The Morgan fingerprint density at radius 1 is 1.50 bits per heavy atom. The van der Waals surface area contributed by atoms with E-state index in [1.165, 1.54) is 7.11 Å². The summed E-state index contributed by atoms with van der Waals surface area (Å²) < 4.78 is 9.91. The highest BCUT2D eigenvalue weighted by Crippen LogP contribution is 2.17. The molecule has 0 radical (unpaired) electrons. The number of hydrogen-bond donors (Lipinski definition) is 3. The highest BCUT2D eigenvalue weighted by molar-refractivity contribution is 4.87. The first-order chi connectivity index (χ1) is 5.70. The van der Waals surface area contributed by atoms with E-state index in [1.54, 1.807) is 0 Å². The molecule has 1 rings (SSSR count). The third kappa shape index (κ3) is 1.75. The Kier molecular flexibility index (Phi) is 3.42. The molecule has 0 saturated carbocycles. The summed E-state index contributed by atoms with van der Waals surface area (Å²) >= 11 is 0. The normalized spacial score (nSPS) is 43.0. The quantitative estimate of drug-likeness (QED) is 0.461. The van der Waals surface area contributed by atoms with Gasteiger partial charge in [-0.25, -0.2) is 0 Å². The largest absolute Gasteiger partial charge is 0.394 e. The van der Waals surface area contributed by atoms with Crippen molar-refractivity contribution in [1.29, 1.82) is 0 Å². The number of rotatable bonds is 2. The standard InChI is InChI=1S/C7H14O5/c1-11-7-5(2-8)12-3-4(9)6(7)10/h4-10H,2-3H2,1H3/t4?,5?,6?,7-/m1/s1. The second-order valence-corrected chi connectivity index (χ2v) is 2.81. The lowest BCUT2D eigenvalue weighted by atomic mass is 10.0. The van der Waals surface area contributed by atoms with E-state index < -0.39 is 24.4 Å². The van der Waals surface area contributed by atoms with Gasteiger partial charge in [-0.2, -0.15) is 0 Å². The summed E-state index contributed by atoms with van der Waals surface area (Å²) in [5, 5.41) is 27.3. The second kappa shape index (κ2) is 4.15. The third-order valence-corrected chi connectivity index (χ3v) is 2.03. The second-order valence-electron chi connectivity index (χ2n) is 2.81. The van der Waals surface area contributed by atoms with Crippen LogP contribution in [0.25, 0.3) is 0 Å². The minimum atomic E-state index is -0.985. The van der Waals surface area contributed by atoms with E-state index in [-0.39, 0.29) is 13.2 Å². The molecule has 72 valence electrons. The van der Waals surface area contributed by atoms with Crippen LogP contribution in [0.2, 0.25) is 0 Å². The molecule has 3 N–H and O–H groups in total. The van der Waals surface area contributed by atoms with Crippen molar-refractivity contribution >= 4 is 0 Å². The zero-order valence-corrected chi connectivity index (χ0v) is 6.88. The summed E-state index contributed by atoms with van der Waals surface area (Å²) in [5.74, 6) is 0. The Morgan fingerprint density at radius 3 is 2.67 bits per heavy atom. The molecular formula is C7H14O5. The molecule has 0 aromatic heterocycles. The average molecular weight is 178 g/mol. The van der Waals surface area contributed by atoms with E-state index in [9.17, 15) is 5.11 Å². The molecule has 1 aliphatic rings. The van der Waals surface area contributed by atoms with Crippen LogP contribution in [0.5, 0.6) is 0 Å². The summed E-state index contributed by atoms with van der Waals surface area (Å²) in [5.41, 5.74) is 0. The van der Waals surface area contributed by atoms with Gasteiger partial charge in [0, 0.05) is 7.11 Å². The van der Waals surface area contributed by atoms with Gasteiger partial charge in [-0.15, -0.1) is 0 Å². The van der Waals surface area contributed by atoms with Crippen molar-refractivity contribution in [3.63, 3.8) is 0 Å². The highest BCUT2D eigenvalue weighted by Gasteiger charge is 2.38. The van der Waals surface area contributed by atoms with Crippen LogP contribution in [-0.2, 0) is 9.47 Å². The fraction of sp³-hybridized carbons (Fsp3) is 1.00. The lowest BCUT2D eigenvalue weighted by Gasteiger charge is -2.36. The molecule has 1 fully saturated rings. The first-order valence-electron chi connectivity index (χ1n) is 3.82. The fourth-order valence-electron chi connectivity index (χ4n) is 1.30. The number of hydrogen-bond acceptors (Lipinski definition) is 5. The number of methoxy groups -OCH3 is 1. The van der Waals surface area contributed by atoms with Crippen LogP contribution in [0.15, 0.2) is 0 Å². The summed E-state index contributed by atoms with van der Waals surface area (Å²) in [6.45, 7) is -0.186. The first-order valence-corrected chi connectivity index (χ1v) is 3.82. The summed E-state index contributed by atoms with van der Waals surface area (Å²) in [6, 6.07) is 0. The summed E-state index contributed by atoms with van der Waals surface area (Å²) in [6.07, 6.45) is -3.12. The maximum atomic E-state index is 9.37. The van der Waals surface area contributed by atoms with Crippen molar-refractivity contribution in [3.8, 4) is 0 Å². The van der Waals surface area contributed by atoms with E-state index in [2.05, 4.69) is 0 Å². The van der Waals surface area contributed by atoms with Gasteiger partial charge in [0.05, 0.1) is 13.2 Å². The molecule has 0 aromatic carbocycles. The molecule has 5 heteroatoms. The minimum absolute atomic E-state index is 0.0340. The van der Waals surface area contributed by atoms with Crippen molar-refractivity contribution in [2.24, 2.45) is 0 Å². The highest BCUT2D eigenvalue weighted by atomic mass is 16.6. The molecule has 0 spiro atoms. The Bertz CT molecular complexity index is 138. The zero-order valence-electron chi connectivity index (χ0n) is 6.88. The fourth-order valence-corrected chi connectivity index (χ4v) is 1.30. The maximum absolute atomic E-state index is 9.37. The Hall–Kier alpha value is -0.200. The molecule has 0 aliphatic carbocycles. The van der Waals surface area contributed by atoms with Crippen molar-refractivity contribution in [2.75, 3.05) is 20.3 Å². The summed E-state index contributed by atoms with van der Waals surface area (Å²) in [4.78, 5) is 0. The van der Waals surface area contributed by atoms with Gasteiger partial charge in [0.1, 0.15) is 24.4 Å². The molecule has 1 heterocycles. The predicted octanol–water partition coefficient (Wildman–Crippen LogP) is -1.89. The smallest absolute Gasteiger partial charge is 0.114 e. The van der Waals surface area contributed by atoms with E-state index >= 15 is 0 Å². The number of aliphatic hydroxyl groups excluding tert-OH is 3. The topological polar surface area (TPSA) is 79.2 Å². The van der Waals surface area contributed by atoms with E-state index in [0.717, 1.165) is 0 Å². The van der Waals surface area contributed by atoms with Crippen LogP contribution in [-0.4, -0.2) is 60.1 Å². The first kappa shape index (κ1) is 9.88. The van der Waals surface area contributed by atoms with Gasteiger partial charge >= 0.3 is 0 Å². The van der Waals surface area contributed by atoms with Crippen molar-refractivity contribution in [1.82, 2.24) is 0 Å². The Balaban J connectivity index is 2.58. The average Bonchev–Trinajstić information content (AvgIpc) is 2.09. The third-order valence-electron chi connectivity index (χ3n) is 2.03. The van der Waals surface area contributed by atoms with Crippen molar-refractivity contribution in [3.05, 3.63) is 0 Å². The molecule has 3 unspecified atom stereocenters. The number of aliphatic hydroxyl groups is 3. The maximum Gasteiger partial charge on any atom is 0.114 e. The Morgan fingerprint density at radius 2 is 2.17 bits per heavy atom. The van der Waals surface area contributed by atoms with E-state index in [0.29, 0.717) is 0 Å². The SMILES string of the molecule is CO[C@@H]1C(CO)OCC(O)C1O. The lowest BCUT2D eigenvalue weighted by Crippen LogP contribution is -2.54. The van der Waals surface area contributed by atoms with Gasteiger partial charge in [-0.05, 0) is 0 Å². The molecule has 0 bridgehead atoms. The molecule has 1 aliphatic heterocycles. The molecule has 0 amide bonds. The van der Waals surface area contributed by atoms with Crippen molar-refractivity contribution in [2.45, 2.75) is 24.4 Å². The van der Waals surface area contributed by atoms with E-state index in [1.807, 2.05) is 0 Å². The zero-order chi connectivity index (χ0) is 9.14. The molecule has 4 atom stereocenters. The minimum Gasteiger partial charge on any atom is -0.394 e. The molecule has 0 aromatic rings. The van der Waals surface area contributed by atoms with Crippen LogP contribution < -0.4 is 0 Å². The van der Waals surface area contributed by atoms with Gasteiger partial charge in [0.15, 0.2) is 0 Å². The Labute approximate surface area is 70.5 Å². The lowest BCUT2D eigenvalue weighted by molar-refractivity contribution is -0.203. The molecule has 1 saturated heterocycles. The van der Waals surface area contributed by atoms with Gasteiger partial charge in [0.25, 0.3) is 0 Å². The predicted molar refractivity (Wildman–Crippen MR) is 39.6 cm³/mol. The van der Waals surface area contributed by atoms with Crippen LogP contribution in [0.4, 0.5) is 0 Å². The number of ether oxygens (including phenoxy) is 2. The monoisotopic (exact) mass is 178 g/mol. The van der Waals surface area contributed by atoms with Gasteiger partial charge in [-0.1, -0.05) is 0 Å². The van der Waals surface area contributed by atoms with Crippen LogP contribution >= 0.6 is 0 Å². The van der Waals surface area contributed by atoms with Crippen molar-refractivity contribution < 1.29 is 24.8 Å². The van der Waals surface area contributed by atoms with Crippen LogP contribution in [0.1, 0.15) is 0 Å². The van der Waals surface area contributed by atoms with Gasteiger partial charge in [0.2, 0.25) is 0 Å². The van der Waals surface area contributed by atoms with Crippen LogP contribution in [0.3, 0.4) is 0 Å². The van der Waals surface area contributed by atoms with Crippen LogP contribution in [0, 0.1) is 0 Å². The molecule has 5 nitrogen and oxygen atoms in total. The van der Waals surface area contributed by atoms with Gasteiger partial charge in [-0.3, -0.25) is 0 Å². The molecule has 12 heavy (non-hydrogen) atoms. The van der Waals surface area contributed by atoms with Gasteiger partial charge < -0.3 is 24.8 Å². The van der Waals surface area contributed by atoms with E-state index in [4.69, 9.17) is 19.7 Å². The summed E-state index contributed by atoms with van der Waals surface area (Å²) in [7, 11) is 1.40.